The Morgan fingerprint density at radius 2 is 1.88 bits per heavy atom. The Balaban J connectivity index is 0.00000105. The van der Waals surface area contributed by atoms with Crippen LogP contribution in [0, 0.1) is 10.1 Å². The fraction of sp³-hybridized carbons (Fsp3) is 0.286. The largest absolute Gasteiger partial charge is 0.465 e. The number of benzene rings is 1. The average Bonchev–Trinajstić information content (AvgIpc) is 2.90. The van der Waals surface area contributed by atoms with Crippen molar-refractivity contribution in [1.29, 1.82) is 0 Å². The van der Waals surface area contributed by atoms with Gasteiger partial charge >= 0.3 is 11.8 Å². The summed E-state index contributed by atoms with van der Waals surface area (Å²) < 4.78 is 26.2. The highest BCUT2D eigenvalue weighted by Gasteiger charge is 2.26. The fourth-order valence-corrected chi connectivity index (χ4v) is 2.44. The van der Waals surface area contributed by atoms with Gasteiger partial charge in [-0.25, -0.2) is 18.3 Å². The lowest BCUT2D eigenvalue weighted by molar-refractivity contribution is -0.384. The predicted octanol–water partition coefficient (Wildman–Crippen LogP) is 5.53. The van der Waals surface area contributed by atoms with Crippen LogP contribution in [0.2, 0.25) is 10.0 Å². The van der Waals surface area contributed by atoms with E-state index in [1.165, 1.54) is 6.42 Å². The molecular formula is C14H14Cl2F2N4O4. The van der Waals surface area contributed by atoms with Gasteiger partial charge in [0.1, 0.15) is 11.9 Å². The molecule has 2 aromatic rings. The van der Waals surface area contributed by atoms with Crippen molar-refractivity contribution < 1.29 is 23.6 Å². The molecule has 0 saturated carbocycles. The normalized spacial score (nSPS) is 10.3. The molecule has 1 heterocycles. The molecule has 1 aromatic carbocycles. The summed E-state index contributed by atoms with van der Waals surface area (Å²) in [6, 6.07) is 1.82. The van der Waals surface area contributed by atoms with Crippen LogP contribution in [0.25, 0.3) is 5.69 Å². The first-order valence-corrected chi connectivity index (χ1v) is 7.89. The maximum atomic E-state index is 12.7. The fourth-order valence-electron chi connectivity index (χ4n) is 1.77. The second kappa shape index (κ2) is 9.30. The van der Waals surface area contributed by atoms with E-state index in [-0.39, 0.29) is 15.7 Å². The van der Waals surface area contributed by atoms with E-state index in [0.717, 1.165) is 23.0 Å². The summed E-state index contributed by atoms with van der Waals surface area (Å²) in [4.78, 5) is 20.8. The number of hydrogen-bond acceptors (Lipinski definition) is 4. The first-order valence-electron chi connectivity index (χ1n) is 7.13. The summed E-state index contributed by atoms with van der Waals surface area (Å²) in [5.41, 5.74) is -1.29. The van der Waals surface area contributed by atoms with Crippen molar-refractivity contribution in [3.8, 4) is 5.69 Å². The van der Waals surface area contributed by atoms with Crippen molar-refractivity contribution in [1.82, 2.24) is 9.78 Å². The number of rotatable bonds is 4. The third-order valence-corrected chi connectivity index (χ3v) is 3.25. The van der Waals surface area contributed by atoms with E-state index < -0.39 is 34.5 Å². The third kappa shape index (κ3) is 5.02. The predicted molar refractivity (Wildman–Crippen MR) is 92.8 cm³/mol. The molecule has 0 unspecified atom stereocenters. The molecule has 0 saturated heterocycles. The Morgan fingerprint density at radius 3 is 2.27 bits per heavy atom. The number of nitro groups is 1. The van der Waals surface area contributed by atoms with Crippen molar-refractivity contribution in [2.75, 3.05) is 5.32 Å². The van der Waals surface area contributed by atoms with Crippen molar-refractivity contribution in [3.05, 3.63) is 44.1 Å². The molecule has 0 aliphatic heterocycles. The lowest BCUT2D eigenvalue weighted by atomic mass is 10.2. The third-order valence-electron chi connectivity index (χ3n) is 2.67. The maximum Gasteiger partial charge on any atom is 0.410 e. The van der Waals surface area contributed by atoms with E-state index in [1.54, 1.807) is 5.32 Å². The summed E-state index contributed by atoms with van der Waals surface area (Å²) in [7, 11) is 0. The van der Waals surface area contributed by atoms with Gasteiger partial charge in [0.05, 0.1) is 15.0 Å². The molecule has 0 aliphatic rings. The standard InChI is InChI=1S/C11H6Cl2F2N4O4.C3H8/c12-5-1-4(9(14)15)2-6(13)8(5)18-10(17-11(20)21)7(3-16-18)19(22)23;1-3-2/h1-3,9,17H,(H,20,21);3H2,1-2H3. The van der Waals surface area contributed by atoms with Crippen LogP contribution in [0.3, 0.4) is 0 Å². The number of halogens is 4. The molecule has 12 heteroatoms. The van der Waals surface area contributed by atoms with Crippen LogP contribution in [0.4, 0.5) is 25.1 Å². The SMILES string of the molecule is CCC.O=C(O)Nc1c([N+](=O)[O-])cnn1-c1c(Cl)cc(C(F)F)cc1Cl. The summed E-state index contributed by atoms with van der Waals surface area (Å²) in [6.07, 6.45) is -2.40. The van der Waals surface area contributed by atoms with E-state index in [4.69, 9.17) is 28.3 Å². The quantitative estimate of drug-likeness (QED) is 0.508. The Bertz CT molecular complexity index is 791. The first kappa shape index (κ1) is 21.6. The van der Waals surface area contributed by atoms with E-state index in [1.807, 2.05) is 0 Å². The van der Waals surface area contributed by atoms with Crippen molar-refractivity contribution >= 4 is 40.8 Å². The zero-order chi connectivity index (χ0) is 20.0. The second-order valence-electron chi connectivity index (χ2n) is 4.82. The summed E-state index contributed by atoms with van der Waals surface area (Å²) in [6.45, 7) is 4.25. The highest BCUT2D eigenvalue weighted by molar-refractivity contribution is 6.38. The van der Waals surface area contributed by atoms with Gasteiger partial charge in [-0.15, -0.1) is 0 Å². The molecular weight excluding hydrogens is 397 g/mol. The van der Waals surface area contributed by atoms with Gasteiger partial charge in [-0.2, -0.15) is 5.10 Å². The van der Waals surface area contributed by atoms with Crippen molar-refractivity contribution in [2.24, 2.45) is 0 Å². The van der Waals surface area contributed by atoms with E-state index in [9.17, 15) is 23.7 Å². The molecule has 8 nitrogen and oxygen atoms in total. The second-order valence-corrected chi connectivity index (χ2v) is 5.63. The maximum absolute atomic E-state index is 12.7. The number of carboxylic acid groups (broad SMARTS) is 1. The van der Waals surface area contributed by atoms with Crippen molar-refractivity contribution in [2.45, 2.75) is 26.7 Å². The lowest BCUT2D eigenvalue weighted by Gasteiger charge is -2.12. The van der Waals surface area contributed by atoms with Gasteiger partial charge in [0, 0.05) is 5.56 Å². The van der Waals surface area contributed by atoms with Gasteiger partial charge in [-0.1, -0.05) is 43.5 Å². The monoisotopic (exact) mass is 410 g/mol. The molecule has 0 aliphatic carbocycles. The van der Waals surface area contributed by atoms with Crippen LogP contribution in [0.5, 0.6) is 0 Å². The number of nitrogens with zero attached hydrogens (tertiary/aromatic N) is 3. The number of anilines is 1. The number of carbonyl (C=O) groups is 1. The van der Waals surface area contributed by atoms with Gasteiger partial charge in [0.2, 0.25) is 5.82 Å². The van der Waals surface area contributed by atoms with Gasteiger partial charge in [-0.05, 0) is 12.1 Å². The minimum Gasteiger partial charge on any atom is -0.465 e. The first-order chi connectivity index (χ1) is 12.1. The molecule has 0 bridgehead atoms. The smallest absolute Gasteiger partial charge is 0.410 e. The molecule has 2 N–H and O–H groups in total. The van der Waals surface area contributed by atoms with Crippen LogP contribution in [-0.4, -0.2) is 25.9 Å². The molecule has 0 spiro atoms. The Hall–Kier alpha value is -2.46. The minimum absolute atomic E-state index is 0.172. The summed E-state index contributed by atoms with van der Waals surface area (Å²) in [5.74, 6) is -0.531. The molecule has 1 aromatic heterocycles. The summed E-state index contributed by atoms with van der Waals surface area (Å²) >= 11 is 11.8. The van der Waals surface area contributed by atoms with Crippen LogP contribution >= 0.6 is 23.2 Å². The van der Waals surface area contributed by atoms with Crippen LogP contribution in [-0.2, 0) is 0 Å². The topological polar surface area (TPSA) is 110 Å². The van der Waals surface area contributed by atoms with Crippen molar-refractivity contribution in [3.63, 3.8) is 0 Å². The highest BCUT2D eigenvalue weighted by Crippen LogP contribution is 2.37. The number of aromatic nitrogens is 2. The van der Waals surface area contributed by atoms with E-state index in [0.29, 0.717) is 0 Å². The van der Waals surface area contributed by atoms with Gasteiger partial charge in [-0.3, -0.25) is 15.4 Å². The molecule has 26 heavy (non-hydrogen) atoms. The van der Waals surface area contributed by atoms with Crippen LogP contribution in [0.15, 0.2) is 18.3 Å². The van der Waals surface area contributed by atoms with Gasteiger partial charge in [0.15, 0.2) is 0 Å². The molecule has 0 atom stereocenters. The number of amides is 1. The number of alkyl halides is 2. The van der Waals surface area contributed by atoms with Gasteiger partial charge < -0.3 is 5.11 Å². The molecule has 142 valence electrons. The zero-order valence-electron chi connectivity index (χ0n) is 13.5. The minimum atomic E-state index is -2.83. The Kier molecular flexibility index (Phi) is 7.72. The van der Waals surface area contributed by atoms with E-state index >= 15 is 0 Å². The molecule has 2 rings (SSSR count). The molecule has 1 amide bonds. The van der Waals surface area contributed by atoms with Crippen LogP contribution in [0.1, 0.15) is 32.3 Å². The number of nitrogens with one attached hydrogen (secondary N) is 1. The molecule has 0 fully saturated rings. The molecule has 0 radical (unpaired) electrons. The van der Waals surface area contributed by atoms with Gasteiger partial charge in [0.25, 0.3) is 6.43 Å². The average molecular weight is 411 g/mol. The number of hydrogen-bond donors (Lipinski definition) is 2. The van der Waals surface area contributed by atoms with Crippen LogP contribution < -0.4 is 5.32 Å². The Labute approximate surface area is 156 Å². The van der Waals surface area contributed by atoms with E-state index in [2.05, 4.69) is 18.9 Å². The Morgan fingerprint density at radius 1 is 1.38 bits per heavy atom. The lowest BCUT2D eigenvalue weighted by Crippen LogP contribution is -2.13. The highest BCUT2D eigenvalue weighted by atomic mass is 35.5. The summed E-state index contributed by atoms with van der Waals surface area (Å²) in [5, 5.41) is 24.6. The zero-order valence-corrected chi connectivity index (χ0v) is 15.1.